The average Bonchev–Trinajstić information content (AvgIpc) is 3.13. The molecule has 5 rings (SSSR count). The van der Waals surface area contributed by atoms with E-state index in [9.17, 15) is 9.59 Å². The number of methoxy groups -OCH3 is 1. The number of rotatable bonds is 6. The topological polar surface area (TPSA) is 89.5 Å². The van der Waals surface area contributed by atoms with Gasteiger partial charge in [-0.05, 0) is 68.5 Å². The Bertz CT molecular complexity index is 1250. The van der Waals surface area contributed by atoms with E-state index in [0.717, 1.165) is 5.57 Å². The maximum atomic E-state index is 14.0. The number of carbonyl (C=O) groups excluding carboxylic acids is 2. The molecule has 256 valence electrons. The summed E-state index contributed by atoms with van der Waals surface area (Å²) in [6, 6.07) is 0. The van der Waals surface area contributed by atoms with Crippen LogP contribution in [0.1, 0.15) is 82.1 Å². The van der Waals surface area contributed by atoms with E-state index in [0.29, 0.717) is 19.4 Å². The van der Waals surface area contributed by atoms with Gasteiger partial charge in [0, 0.05) is 43.1 Å². The van der Waals surface area contributed by atoms with Crippen molar-refractivity contribution in [1.29, 1.82) is 0 Å². The largest absolute Gasteiger partial charge is 0.454 e. The number of hydrogen-bond donors (Lipinski definition) is 0. The number of hydrogen-bond acceptors (Lipinski definition) is 8. The van der Waals surface area contributed by atoms with Gasteiger partial charge in [0.15, 0.2) is 34.8 Å². The fraction of sp³-hybridized carbons (Fsp3) is 0.886. The molecule has 0 N–H and O–H groups in total. The first-order chi connectivity index (χ1) is 20.4. The molecule has 10 heteroatoms. The molecule has 45 heavy (non-hydrogen) atoms. The van der Waals surface area contributed by atoms with Gasteiger partial charge < -0.3 is 27.8 Å². The number of allylic oxidation sites excluding steroid dienone is 1. The van der Waals surface area contributed by atoms with Crippen LogP contribution in [0.4, 0.5) is 0 Å². The van der Waals surface area contributed by atoms with Gasteiger partial charge in [-0.3, -0.25) is 9.59 Å². The van der Waals surface area contributed by atoms with Crippen LogP contribution in [-0.2, 0) is 37.4 Å². The highest BCUT2D eigenvalue weighted by atomic mass is 28.4. The summed E-state index contributed by atoms with van der Waals surface area (Å²) >= 11 is 0. The fourth-order valence-electron chi connectivity index (χ4n) is 9.39. The molecule has 0 radical (unpaired) electrons. The van der Waals surface area contributed by atoms with Gasteiger partial charge in [-0.2, -0.15) is 0 Å². The van der Waals surface area contributed by atoms with E-state index >= 15 is 0 Å². The van der Waals surface area contributed by atoms with Crippen LogP contribution < -0.4 is 0 Å². The molecular weight excluding hydrogens is 605 g/mol. The summed E-state index contributed by atoms with van der Waals surface area (Å²) in [6.07, 6.45) is 0.751. The van der Waals surface area contributed by atoms with Crippen molar-refractivity contribution in [2.45, 2.75) is 155 Å². The van der Waals surface area contributed by atoms with Gasteiger partial charge in [-0.15, -0.1) is 0 Å². The summed E-state index contributed by atoms with van der Waals surface area (Å²) in [6.45, 7) is 31.1. The third kappa shape index (κ3) is 5.05. The zero-order valence-corrected chi connectivity index (χ0v) is 32.6. The molecule has 2 saturated heterocycles. The second-order valence-electron chi connectivity index (χ2n) is 18.2. The van der Waals surface area contributed by atoms with Crippen LogP contribution >= 0.6 is 0 Å². The lowest BCUT2D eigenvalue weighted by Gasteiger charge is -2.70. The van der Waals surface area contributed by atoms with Crippen molar-refractivity contribution in [3.8, 4) is 0 Å². The molecule has 2 heterocycles. The zero-order chi connectivity index (χ0) is 33.9. The first kappa shape index (κ1) is 35.4. The van der Waals surface area contributed by atoms with E-state index in [1.54, 1.807) is 13.2 Å². The monoisotopic (exact) mass is 664 g/mol. The molecule has 0 amide bonds. The zero-order valence-electron chi connectivity index (χ0n) is 30.6. The van der Waals surface area contributed by atoms with Gasteiger partial charge in [-0.25, -0.2) is 0 Å². The van der Waals surface area contributed by atoms with Crippen molar-refractivity contribution in [3.63, 3.8) is 0 Å². The molecule has 0 aromatic heterocycles. The Balaban J connectivity index is 1.83. The smallest absolute Gasteiger partial charge is 0.303 e. The summed E-state index contributed by atoms with van der Waals surface area (Å²) < 4.78 is 41.3. The molecule has 0 unspecified atom stereocenters. The van der Waals surface area contributed by atoms with Gasteiger partial charge in [0.1, 0.15) is 0 Å². The highest BCUT2D eigenvalue weighted by Crippen LogP contribution is 2.74. The summed E-state index contributed by atoms with van der Waals surface area (Å²) in [7, 11) is -3.09. The highest BCUT2D eigenvalue weighted by Gasteiger charge is 2.81. The first-order valence-corrected chi connectivity index (χ1v) is 22.8. The van der Waals surface area contributed by atoms with Crippen LogP contribution in [0.25, 0.3) is 0 Å². The highest BCUT2D eigenvalue weighted by molar-refractivity contribution is 6.74. The number of fused-ring (bicyclic) bond motifs is 2. The predicted octanol–water partition coefficient (Wildman–Crippen LogP) is 7.04. The minimum absolute atomic E-state index is 0.0322. The normalized spacial score (nSPS) is 43.4. The average molecular weight is 665 g/mol. The number of ketones is 1. The lowest BCUT2D eigenvalue weighted by molar-refractivity contribution is -0.324. The molecule has 2 saturated carbocycles. The molecule has 5 aliphatic rings. The Kier molecular flexibility index (Phi) is 8.51. The van der Waals surface area contributed by atoms with E-state index in [2.05, 4.69) is 81.6 Å². The maximum Gasteiger partial charge on any atom is 0.303 e. The SMILES string of the molecule is CO[C@@H]1C[C@H]2[C@]3(C)OC[C@@]24[C@H]([C@@H](O[Si](C)(C)C(C)(C)C)[C@@H]3O[Si](C)(C)C(C)(C)C)[C@]2(C)[C@@H](C[C@H]4O1)C(C)=CC(=O)[C@@H]2OC(C)=O. The van der Waals surface area contributed by atoms with Crippen LogP contribution in [0.5, 0.6) is 0 Å². The molecule has 1 spiro atoms. The quantitative estimate of drug-likeness (QED) is 0.221. The number of carbonyl (C=O) groups is 2. The van der Waals surface area contributed by atoms with Gasteiger partial charge >= 0.3 is 5.97 Å². The Morgan fingerprint density at radius 2 is 1.56 bits per heavy atom. The van der Waals surface area contributed by atoms with E-state index in [1.807, 2.05) is 6.92 Å². The maximum absolute atomic E-state index is 14.0. The summed E-state index contributed by atoms with van der Waals surface area (Å²) in [5, 5.41) is -0.124. The standard InChI is InChI=1S/C35H60O8Si2/c1-20-16-23(37)29(40-21(2)36)33(9)22(20)17-25-35-19-39-34(10,24(35)18-26(38-11)41-25)30(43-45(14,15)32(6,7)8)27(28(33)35)42-44(12,13)31(3,4)5/h16,22,24-30H,17-19H2,1-15H3/t22-,24-,25+,26-,27+,28+,29-,30-,33-,34-,35+/m0/s1. The van der Waals surface area contributed by atoms with Crippen molar-refractivity contribution in [1.82, 2.24) is 0 Å². The van der Waals surface area contributed by atoms with Crippen LogP contribution in [0, 0.1) is 28.6 Å². The molecule has 2 bridgehead atoms. The van der Waals surface area contributed by atoms with Crippen molar-refractivity contribution in [2.75, 3.05) is 13.7 Å². The molecular formula is C35H60O8Si2. The van der Waals surface area contributed by atoms with E-state index in [1.165, 1.54) is 6.92 Å². The third-order valence-electron chi connectivity index (χ3n) is 13.7. The summed E-state index contributed by atoms with van der Waals surface area (Å²) in [5.74, 6) is -0.881. The second kappa shape index (κ2) is 10.8. The number of esters is 1. The van der Waals surface area contributed by atoms with Crippen molar-refractivity contribution >= 4 is 28.4 Å². The lowest BCUT2D eigenvalue weighted by atomic mass is 9.38. The first-order valence-electron chi connectivity index (χ1n) is 17.0. The molecule has 11 atom stereocenters. The Morgan fingerprint density at radius 3 is 2.09 bits per heavy atom. The minimum atomic E-state index is -2.43. The molecule has 8 nitrogen and oxygen atoms in total. The van der Waals surface area contributed by atoms with Gasteiger partial charge in [0.2, 0.25) is 0 Å². The lowest BCUT2D eigenvalue weighted by Crippen LogP contribution is -2.78. The Morgan fingerprint density at radius 1 is 0.978 bits per heavy atom. The molecule has 2 aliphatic heterocycles. The third-order valence-corrected chi connectivity index (χ3v) is 22.6. The van der Waals surface area contributed by atoms with Crippen LogP contribution in [0.2, 0.25) is 36.3 Å². The summed E-state index contributed by atoms with van der Waals surface area (Å²) in [4.78, 5) is 26.7. The number of ether oxygens (including phenoxy) is 4. The molecule has 3 aliphatic carbocycles. The Hall–Kier alpha value is -0.886. The molecule has 0 aromatic carbocycles. The summed E-state index contributed by atoms with van der Waals surface area (Å²) in [5.41, 5.74) is -0.912. The van der Waals surface area contributed by atoms with Gasteiger partial charge in [0.05, 0.1) is 30.5 Å². The van der Waals surface area contributed by atoms with Crippen molar-refractivity contribution in [2.24, 2.45) is 28.6 Å². The van der Waals surface area contributed by atoms with Crippen molar-refractivity contribution < 1.29 is 37.4 Å². The van der Waals surface area contributed by atoms with Gasteiger partial charge in [-0.1, -0.05) is 54.0 Å². The Labute approximate surface area is 273 Å². The predicted molar refractivity (Wildman–Crippen MR) is 179 cm³/mol. The van der Waals surface area contributed by atoms with Crippen LogP contribution in [-0.4, -0.2) is 78.4 Å². The van der Waals surface area contributed by atoms with Crippen molar-refractivity contribution in [3.05, 3.63) is 11.6 Å². The van der Waals surface area contributed by atoms with Crippen LogP contribution in [0.3, 0.4) is 0 Å². The van der Waals surface area contributed by atoms with E-state index in [-0.39, 0.29) is 46.0 Å². The molecule has 0 aromatic rings. The van der Waals surface area contributed by atoms with E-state index in [4.69, 9.17) is 27.8 Å². The minimum Gasteiger partial charge on any atom is -0.454 e. The van der Waals surface area contributed by atoms with Gasteiger partial charge in [0.25, 0.3) is 0 Å². The second-order valence-corrected chi connectivity index (χ2v) is 27.7. The fourth-order valence-corrected chi connectivity index (χ4v) is 12.0. The molecule has 4 fully saturated rings. The van der Waals surface area contributed by atoms with Crippen LogP contribution in [0.15, 0.2) is 11.6 Å². The van der Waals surface area contributed by atoms with E-state index < -0.39 is 57.3 Å².